The van der Waals surface area contributed by atoms with Gasteiger partial charge in [0.05, 0.1) is 18.9 Å². The molecule has 1 unspecified atom stereocenters. The molecule has 1 aromatic rings. The van der Waals surface area contributed by atoms with Crippen LogP contribution in [-0.2, 0) is 27.2 Å². The Labute approximate surface area is 129 Å². The zero-order valence-electron chi connectivity index (χ0n) is 12.5. The second-order valence-corrected chi connectivity index (χ2v) is 5.78. The van der Waals surface area contributed by atoms with Crippen LogP contribution in [0.15, 0.2) is 12.1 Å². The molecule has 5 nitrogen and oxygen atoms in total. The summed E-state index contributed by atoms with van der Waals surface area (Å²) in [5, 5.41) is 5.79. The van der Waals surface area contributed by atoms with Crippen molar-refractivity contribution in [3.63, 3.8) is 0 Å². The lowest BCUT2D eigenvalue weighted by Gasteiger charge is -2.19. The molecule has 0 radical (unpaired) electrons. The number of hydrogen-bond acceptors (Lipinski definition) is 4. The van der Waals surface area contributed by atoms with Crippen molar-refractivity contribution < 1.29 is 18.7 Å². The molecule has 2 heterocycles. The van der Waals surface area contributed by atoms with Crippen LogP contribution in [0.3, 0.4) is 0 Å². The molecular weight excluding hydrogens is 287 g/mol. The van der Waals surface area contributed by atoms with E-state index in [9.17, 15) is 9.18 Å². The van der Waals surface area contributed by atoms with Crippen molar-refractivity contribution in [3.05, 3.63) is 29.1 Å². The number of benzene rings is 1. The molecule has 22 heavy (non-hydrogen) atoms. The zero-order valence-corrected chi connectivity index (χ0v) is 12.5. The minimum absolute atomic E-state index is 0.0609. The van der Waals surface area contributed by atoms with Crippen LogP contribution in [0.25, 0.3) is 0 Å². The van der Waals surface area contributed by atoms with Gasteiger partial charge in [-0.05, 0) is 36.6 Å². The standard InChI is InChI=1S/C16H21FN2O3/c17-16-13-3-5-18-7-12(13)1-2-14(16)19-15(20)10-22-9-11-4-6-21-8-11/h1-2,11,18H,3-10H2,(H,19,20). The molecule has 0 saturated carbocycles. The number of anilines is 1. The third-order valence-corrected chi connectivity index (χ3v) is 4.09. The van der Waals surface area contributed by atoms with E-state index in [4.69, 9.17) is 9.47 Å². The average Bonchev–Trinajstić information content (AvgIpc) is 3.04. The van der Waals surface area contributed by atoms with Gasteiger partial charge in [-0.1, -0.05) is 6.07 Å². The van der Waals surface area contributed by atoms with Crippen LogP contribution in [0.2, 0.25) is 0 Å². The topological polar surface area (TPSA) is 59.6 Å². The highest BCUT2D eigenvalue weighted by Crippen LogP contribution is 2.24. The largest absolute Gasteiger partial charge is 0.381 e. The maximum absolute atomic E-state index is 14.4. The number of nitrogens with one attached hydrogen (secondary N) is 2. The third-order valence-electron chi connectivity index (χ3n) is 4.09. The lowest BCUT2D eigenvalue weighted by atomic mass is 9.99. The Kier molecular flexibility index (Phi) is 5.02. The van der Waals surface area contributed by atoms with E-state index in [-0.39, 0.29) is 24.0 Å². The van der Waals surface area contributed by atoms with E-state index >= 15 is 0 Å². The summed E-state index contributed by atoms with van der Waals surface area (Å²) < 4.78 is 25.0. The Balaban J connectivity index is 1.52. The van der Waals surface area contributed by atoms with E-state index in [1.54, 1.807) is 6.07 Å². The summed E-state index contributed by atoms with van der Waals surface area (Å²) >= 11 is 0. The van der Waals surface area contributed by atoms with Crippen molar-refractivity contribution in [3.8, 4) is 0 Å². The zero-order chi connectivity index (χ0) is 15.4. The van der Waals surface area contributed by atoms with Crippen LogP contribution in [-0.4, -0.2) is 38.9 Å². The maximum atomic E-state index is 14.4. The lowest BCUT2D eigenvalue weighted by molar-refractivity contribution is -0.121. The van der Waals surface area contributed by atoms with Gasteiger partial charge in [0.25, 0.3) is 0 Å². The fourth-order valence-corrected chi connectivity index (χ4v) is 2.85. The molecule has 3 rings (SSSR count). The molecule has 1 atom stereocenters. The summed E-state index contributed by atoms with van der Waals surface area (Å²) in [4.78, 5) is 11.9. The molecule has 2 aliphatic rings. The molecule has 0 aromatic heterocycles. The Hall–Kier alpha value is -1.50. The van der Waals surface area contributed by atoms with Gasteiger partial charge in [0, 0.05) is 19.1 Å². The first-order valence-electron chi connectivity index (χ1n) is 7.70. The van der Waals surface area contributed by atoms with Crippen molar-refractivity contribution in [1.82, 2.24) is 5.32 Å². The van der Waals surface area contributed by atoms with Gasteiger partial charge in [-0.3, -0.25) is 4.79 Å². The van der Waals surface area contributed by atoms with E-state index in [0.29, 0.717) is 37.7 Å². The Morgan fingerprint density at radius 1 is 1.50 bits per heavy atom. The number of halogens is 1. The number of amides is 1. The number of carbonyl (C=O) groups excluding carboxylic acids is 1. The number of rotatable bonds is 5. The SMILES string of the molecule is O=C(COCC1CCOC1)Nc1ccc2c(c1F)CCNC2. The molecule has 1 amide bonds. The minimum Gasteiger partial charge on any atom is -0.381 e. The molecule has 6 heteroatoms. The Bertz CT molecular complexity index is 544. The molecule has 0 spiro atoms. The molecule has 1 fully saturated rings. The average molecular weight is 308 g/mol. The highest BCUT2D eigenvalue weighted by Gasteiger charge is 2.18. The van der Waals surface area contributed by atoms with Gasteiger partial charge in [-0.2, -0.15) is 0 Å². The molecule has 0 aliphatic carbocycles. The highest BCUT2D eigenvalue weighted by atomic mass is 19.1. The monoisotopic (exact) mass is 308 g/mol. The second kappa shape index (κ2) is 7.17. The van der Waals surface area contributed by atoms with Gasteiger partial charge < -0.3 is 20.1 Å². The van der Waals surface area contributed by atoms with E-state index in [0.717, 1.165) is 25.1 Å². The first kappa shape index (κ1) is 15.4. The van der Waals surface area contributed by atoms with Crippen LogP contribution in [0.1, 0.15) is 17.5 Å². The third kappa shape index (κ3) is 3.63. The summed E-state index contributed by atoms with van der Waals surface area (Å²) in [5.74, 6) is -0.288. The van der Waals surface area contributed by atoms with Gasteiger partial charge in [0.15, 0.2) is 0 Å². The van der Waals surface area contributed by atoms with Crippen LogP contribution < -0.4 is 10.6 Å². The summed E-state index contributed by atoms with van der Waals surface area (Å²) in [6.07, 6.45) is 1.61. The van der Waals surface area contributed by atoms with Crippen LogP contribution in [0.5, 0.6) is 0 Å². The van der Waals surface area contributed by atoms with E-state index in [1.165, 1.54) is 0 Å². The normalized spacial score (nSPS) is 20.7. The highest BCUT2D eigenvalue weighted by molar-refractivity contribution is 5.92. The first-order valence-corrected chi connectivity index (χ1v) is 7.70. The van der Waals surface area contributed by atoms with Crippen LogP contribution in [0, 0.1) is 11.7 Å². The van der Waals surface area contributed by atoms with E-state index < -0.39 is 0 Å². The molecule has 0 bridgehead atoms. The Morgan fingerprint density at radius 3 is 3.23 bits per heavy atom. The van der Waals surface area contributed by atoms with Crippen LogP contribution in [0.4, 0.5) is 10.1 Å². The van der Waals surface area contributed by atoms with Gasteiger partial charge in [0.2, 0.25) is 5.91 Å². The minimum atomic E-state index is -0.327. The van der Waals surface area contributed by atoms with E-state index in [1.807, 2.05) is 6.07 Å². The number of ether oxygens (including phenoxy) is 2. The molecular formula is C16H21FN2O3. The fourth-order valence-electron chi connectivity index (χ4n) is 2.85. The molecule has 120 valence electrons. The number of hydrogen-bond donors (Lipinski definition) is 2. The van der Waals surface area contributed by atoms with Crippen molar-refractivity contribution >= 4 is 11.6 Å². The molecule has 2 aliphatic heterocycles. The molecule has 1 saturated heterocycles. The predicted molar refractivity (Wildman–Crippen MR) is 80.2 cm³/mol. The van der Waals surface area contributed by atoms with Crippen molar-refractivity contribution in [2.75, 3.05) is 38.3 Å². The van der Waals surface area contributed by atoms with Gasteiger partial charge >= 0.3 is 0 Å². The maximum Gasteiger partial charge on any atom is 0.250 e. The van der Waals surface area contributed by atoms with Crippen LogP contribution >= 0.6 is 0 Å². The Morgan fingerprint density at radius 2 is 2.41 bits per heavy atom. The van der Waals surface area contributed by atoms with Gasteiger partial charge in [-0.25, -0.2) is 4.39 Å². The van der Waals surface area contributed by atoms with Gasteiger partial charge in [0.1, 0.15) is 12.4 Å². The lowest BCUT2D eigenvalue weighted by Crippen LogP contribution is -2.26. The quantitative estimate of drug-likeness (QED) is 0.865. The summed E-state index contributed by atoms with van der Waals surface area (Å²) in [7, 11) is 0. The fraction of sp³-hybridized carbons (Fsp3) is 0.562. The molecule has 1 aromatic carbocycles. The van der Waals surface area contributed by atoms with Gasteiger partial charge in [-0.15, -0.1) is 0 Å². The van der Waals surface area contributed by atoms with Crippen molar-refractivity contribution in [2.45, 2.75) is 19.4 Å². The summed E-state index contributed by atoms with van der Waals surface area (Å²) in [5.41, 5.74) is 1.89. The smallest absolute Gasteiger partial charge is 0.250 e. The predicted octanol–water partition coefficient (Wildman–Crippen LogP) is 1.46. The number of carbonyl (C=O) groups is 1. The van der Waals surface area contributed by atoms with Crippen molar-refractivity contribution in [1.29, 1.82) is 0 Å². The number of fused-ring (bicyclic) bond motifs is 1. The second-order valence-electron chi connectivity index (χ2n) is 5.78. The van der Waals surface area contributed by atoms with E-state index in [2.05, 4.69) is 10.6 Å². The molecule has 2 N–H and O–H groups in total. The summed E-state index contributed by atoms with van der Waals surface area (Å²) in [6, 6.07) is 3.47. The summed E-state index contributed by atoms with van der Waals surface area (Å²) in [6.45, 7) is 3.33. The first-order chi connectivity index (χ1) is 10.7. The van der Waals surface area contributed by atoms with Crippen molar-refractivity contribution in [2.24, 2.45) is 5.92 Å².